The van der Waals surface area contributed by atoms with E-state index in [1.165, 1.54) is 12.1 Å². The molecule has 8 heteroatoms. The molecule has 1 aliphatic rings. The molecule has 5 rings (SSSR count). The van der Waals surface area contributed by atoms with Gasteiger partial charge in [-0.1, -0.05) is 41.6 Å². The summed E-state index contributed by atoms with van der Waals surface area (Å²) in [5.74, 6) is -2.59. The molecular formula is C24H16F2N4O2. The van der Waals surface area contributed by atoms with E-state index in [0.29, 0.717) is 5.56 Å². The number of hydrogen-bond donors (Lipinski definition) is 0. The lowest BCUT2D eigenvalue weighted by atomic mass is 9.90. The van der Waals surface area contributed by atoms with Crippen LogP contribution in [0.4, 0.5) is 14.5 Å². The van der Waals surface area contributed by atoms with Crippen molar-refractivity contribution in [2.24, 2.45) is 0 Å². The molecule has 3 aromatic carbocycles. The van der Waals surface area contributed by atoms with Crippen molar-refractivity contribution in [3.63, 3.8) is 0 Å². The number of fused-ring (bicyclic) bond motifs is 2. The van der Waals surface area contributed by atoms with E-state index in [2.05, 4.69) is 10.3 Å². The van der Waals surface area contributed by atoms with E-state index in [4.69, 9.17) is 0 Å². The number of halogens is 2. The highest BCUT2D eigenvalue weighted by atomic mass is 19.1. The Kier molecular flexibility index (Phi) is 4.44. The van der Waals surface area contributed by atoms with E-state index in [9.17, 15) is 9.59 Å². The second-order valence-corrected chi connectivity index (χ2v) is 7.63. The number of benzene rings is 3. The van der Waals surface area contributed by atoms with Crippen molar-refractivity contribution in [3.05, 3.63) is 94.8 Å². The zero-order valence-corrected chi connectivity index (χ0v) is 17.1. The largest absolute Gasteiger partial charge is 0.378 e. The van der Waals surface area contributed by atoms with E-state index >= 15 is 8.78 Å². The minimum atomic E-state index is -0.824. The van der Waals surface area contributed by atoms with Gasteiger partial charge in [0, 0.05) is 43.0 Å². The molecule has 4 aromatic rings. The Hall–Kier alpha value is -4.20. The Bertz CT molecular complexity index is 1400. The lowest BCUT2D eigenvalue weighted by molar-refractivity contribution is 0.0972. The fourth-order valence-corrected chi connectivity index (χ4v) is 3.85. The highest BCUT2D eigenvalue weighted by Crippen LogP contribution is 2.32. The van der Waals surface area contributed by atoms with Crippen molar-refractivity contribution in [2.75, 3.05) is 19.0 Å². The van der Waals surface area contributed by atoms with Gasteiger partial charge >= 0.3 is 0 Å². The first-order valence-electron chi connectivity index (χ1n) is 9.78. The van der Waals surface area contributed by atoms with Crippen LogP contribution in [0.25, 0.3) is 16.8 Å². The van der Waals surface area contributed by atoms with Crippen molar-refractivity contribution in [2.45, 2.75) is 0 Å². The van der Waals surface area contributed by atoms with Gasteiger partial charge in [-0.05, 0) is 17.7 Å². The van der Waals surface area contributed by atoms with Crippen LogP contribution in [0, 0.1) is 11.6 Å². The summed E-state index contributed by atoms with van der Waals surface area (Å²) in [4.78, 5) is 27.6. The van der Waals surface area contributed by atoms with Gasteiger partial charge in [0.15, 0.2) is 5.69 Å². The van der Waals surface area contributed by atoms with Crippen LogP contribution in [0.15, 0.2) is 60.7 Å². The summed E-state index contributed by atoms with van der Waals surface area (Å²) in [6, 6.07) is 15.3. The standard InChI is InChI=1S/C24H16F2N4O2/c1-29(2)14-7-5-6-13(10-14)20-18(25)11-15(12-19(20)26)30-22-21(27-28-30)23(31)16-8-3-4-9-17(16)24(22)32/h3-12H,1-2H3. The quantitative estimate of drug-likeness (QED) is 0.432. The first-order valence-corrected chi connectivity index (χ1v) is 9.78. The monoisotopic (exact) mass is 430 g/mol. The summed E-state index contributed by atoms with van der Waals surface area (Å²) in [6.07, 6.45) is 0. The normalized spacial score (nSPS) is 12.5. The van der Waals surface area contributed by atoms with Gasteiger partial charge in [0.25, 0.3) is 0 Å². The van der Waals surface area contributed by atoms with Crippen LogP contribution in [-0.2, 0) is 0 Å². The molecule has 0 saturated heterocycles. The summed E-state index contributed by atoms with van der Waals surface area (Å²) in [5, 5.41) is 7.69. The highest BCUT2D eigenvalue weighted by Gasteiger charge is 2.35. The van der Waals surface area contributed by atoms with Crippen LogP contribution in [0.1, 0.15) is 32.1 Å². The molecule has 158 valence electrons. The number of carbonyl (C=O) groups excluding carboxylic acids is 2. The molecule has 0 bridgehead atoms. The Balaban J connectivity index is 1.63. The molecule has 0 saturated carbocycles. The summed E-state index contributed by atoms with van der Waals surface area (Å²) < 4.78 is 31.2. The number of ketones is 2. The Labute approximate surface area is 181 Å². The van der Waals surface area contributed by atoms with Gasteiger partial charge in [-0.15, -0.1) is 5.10 Å². The minimum Gasteiger partial charge on any atom is -0.378 e. The van der Waals surface area contributed by atoms with Crippen LogP contribution in [0.5, 0.6) is 0 Å². The summed E-state index contributed by atoms with van der Waals surface area (Å²) in [5.41, 5.74) is 1.10. The third kappa shape index (κ3) is 2.91. The maximum Gasteiger partial charge on any atom is 0.216 e. The smallest absolute Gasteiger partial charge is 0.216 e. The molecule has 1 heterocycles. The molecular weight excluding hydrogens is 414 g/mol. The van der Waals surface area contributed by atoms with E-state index in [-0.39, 0.29) is 33.8 Å². The summed E-state index contributed by atoms with van der Waals surface area (Å²) in [6.45, 7) is 0. The molecule has 6 nitrogen and oxygen atoms in total. The topological polar surface area (TPSA) is 68.1 Å². The molecule has 0 N–H and O–H groups in total. The second kappa shape index (κ2) is 7.19. The first kappa shape index (κ1) is 19.7. The van der Waals surface area contributed by atoms with Crippen LogP contribution < -0.4 is 4.90 Å². The van der Waals surface area contributed by atoms with Gasteiger partial charge in [0.05, 0.1) is 11.3 Å². The van der Waals surface area contributed by atoms with Gasteiger partial charge in [-0.2, -0.15) is 0 Å². The van der Waals surface area contributed by atoms with E-state index in [1.54, 1.807) is 30.3 Å². The van der Waals surface area contributed by atoms with Crippen molar-refractivity contribution in [3.8, 4) is 16.8 Å². The fourth-order valence-electron chi connectivity index (χ4n) is 3.85. The van der Waals surface area contributed by atoms with Crippen LogP contribution in [-0.4, -0.2) is 40.7 Å². The van der Waals surface area contributed by atoms with Gasteiger partial charge in [-0.3, -0.25) is 9.59 Å². The van der Waals surface area contributed by atoms with Crippen molar-refractivity contribution >= 4 is 17.3 Å². The molecule has 0 aliphatic heterocycles. The van der Waals surface area contributed by atoms with Gasteiger partial charge in [0.1, 0.15) is 17.3 Å². The molecule has 0 spiro atoms. The molecule has 0 unspecified atom stereocenters. The van der Waals surface area contributed by atoms with E-state index < -0.39 is 23.2 Å². The Morgan fingerprint density at radius 3 is 2.16 bits per heavy atom. The number of rotatable bonds is 3. The lowest BCUT2D eigenvalue weighted by Crippen LogP contribution is -2.23. The number of nitrogens with zero attached hydrogens (tertiary/aromatic N) is 4. The molecule has 1 aromatic heterocycles. The number of aromatic nitrogens is 3. The van der Waals surface area contributed by atoms with Crippen LogP contribution in [0.2, 0.25) is 0 Å². The molecule has 0 atom stereocenters. The fraction of sp³-hybridized carbons (Fsp3) is 0.0833. The van der Waals surface area contributed by atoms with E-state index in [1.807, 2.05) is 25.1 Å². The Morgan fingerprint density at radius 2 is 1.50 bits per heavy atom. The third-order valence-corrected chi connectivity index (χ3v) is 5.44. The zero-order valence-electron chi connectivity index (χ0n) is 17.1. The van der Waals surface area contributed by atoms with Gasteiger partial charge < -0.3 is 4.90 Å². The number of hydrogen-bond acceptors (Lipinski definition) is 5. The maximum atomic E-state index is 15.1. The van der Waals surface area contributed by atoms with Crippen molar-refractivity contribution < 1.29 is 18.4 Å². The first-order chi connectivity index (χ1) is 15.4. The van der Waals surface area contributed by atoms with Crippen molar-refractivity contribution in [1.29, 1.82) is 0 Å². The predicted octanol–water partition coefficient (Wildman–Crippen LogP) is 4.05. The van der Waals surface area contributed by atoms with E-state index in [0.717, 1.165) is 22.5 Å². The zero-order chi connectivity index (χ0) is 22.6. The SMILES string of the molecule is CN(C)c1cccc(-c2c(F)cc(-n3nnc4c3C(=O)c3ccccc3C4=O)cc2F)c1. The molecule has 1 aliphatic carbocycles. The van der Waals surface area contributed by atoms with Crippen LogP contribution in [0.3, 0.4) is 0 Å². The van der Waals surface area contributed by atoms with Gasteiger partial charge in [-0.25, -0.2) is 13.5 Å². The van der Waals surface area contributed by atoms with Crippen molar-refractivity contribution in [1.82, 2.24) is 15.0 Å². The summed E-state index contributed by atoms with van der Waals surface area (Å²) in [7, 11) is 3.67. The third-order valence-electron chi connectivity index (χ3n) is 5.44. The molecule has 0 radical (unpaired) electrons. The average molecular weight is 430 g/mol. The molecule has 0 fully saturated rings. The predicted molar refractivity (Wildman–Crippen MR) is 114 cm³/mol. The summed E-state index contributed by atoms with van der Waals surface area (Å²) >= 11 is 0. The minimum absolute atomic E-state index is 0.0400. The number of anilines is 1. The lowest BCUT2D eigenvalue weighted by Gasteiger charge is -2.16. The van der Waals surface area contributed by atoms with Gasteiger partial charge in [0.2, 0.25) is 11.6 Å². The molecule has 0 amide bonds. The maximum absolute atomic E-state index is 15.1. The highest BCUT2D eigenvalue weighted by molar-refractivity contribution is 6.27. The number of carbonyl (C=O) groups is 2. The molecule has 32 heavy (non-hydrogen) atoms. The van der Waals surface area contributed by atoms with Crippen LogP contribution >= 0.6 is 0 Å². The second-order valence-electron chi connectivity index (χ2n) is 7.63. The Morgan fingerprint density at radius 1 is 0.844 bits per heavy atom. The average Bonchev–Trinajstić information content (AvgIpc) is 3.23.